The fraction of sp³-hybridized carbons (Fsp3) is 0.261. The number of aryl methyl sites for hydroxylation is 1. The van der Waals surface area contributed by atoms with Crippen LogP contribution in [0.15, 0.2) is 48.8 Å². The molecule has 1 fully saturated rings. The van der Waals surface area contributed by atoms with Gasteiger partial charge in [-0.1, -0.05) is 30.3 Å². The summed E-state index contributed by atoms with van der Waals surface area (Å²) >= 11 is 1.30. The minimum absolute atomic E-state index is 0.108. The fourth-order valence-corrected chi connectivity index (χ4v) is 4.72. The second kappa shape index (κ2) is 8.99. The van der Waals surface area contributed by atoms with Gasteiger partial charge in [-0.05, 0) is 42.9 Å². The Morgan fingerprint density at radius 2 is 2.09 bits per heavy atom. The maximum absolute atomic E-state index is 11.9. The van der Waals surface area contributed by atoms with Crippen molar-refractivity contribution in [3.8, 4) is 11.3 Å². The molecule has 0 aliphatic carbocycles. The Morgan fingerprint density at radius 1 is 1.24 bits per heavy atom. The predicted octanol–water partition coefficient (Wildman–Crippen LogP) is 3.86. The van der Waals surface area contributed by atoms with E-state index in [1.165, 1.54) is 11.5 Å². The quantitative estimate of drug-likeness (QED) is 0.399. The Kier molecular flexibility index (Phi) is 5.74. The number of hydrogen-bond donors (Lipinski definition) is 3. The van der Waals surface area contributed by atoms with Crippen molar-refractivity contribution in [1.29, 1.82) is 0 Å². The number of nitrogens with one attached hydrogen (secondary N) is 2. The van der Waals surface area contributed by atoms with Crippen molar-refractivity contribution in [2.24, 2.45) is 5.73 Å². The Morgan fingerprint density at radius 3 is 2.85 bits per heavy atom. The smallest absolute Gasteiger partial charge is 0.271 e. The number of hydrogen-bond acceptors (Lipinski definition) is 8. The number of primary amides is 1. The summed E-state index contributed by atoms with van der Waals surface area (Å²) in [5, 5.41) is 3.93. The molecule has 1 aliphatic rings. The highest BCUT2D eigenvalue weighted by molar-refractivity contribution is 7.10. The highest BCUT2D eigenvalue weighted by atomic mass is 32.1. The number of nitrogens with two attached hydrogens (primary N) is 1. The molecule has 0 saturated carbocycles. The van der Waals surface area contributed by atoms with Crippen molar-refractivity contribution in [1.82, 2.24) is 24.3 Å². The number of carbonyl (C=O) groups excluding carboxylic acids is 1. The number of carbonyl (C=O) groups is 1. The van der Waals surface area contributed by atoms with Gasteiger partial charge in [0.1, 0.15) is 16.6 Å². The Labute approximate surface area is 195 Å². The number of anilines is 3. The largest absolute Gasteiger partial charge is 0.364 e. The van der Waals surface area contributed by atoms with Crippen LogP contribution in [-0.2, 0) is 0 Å². The molecular formula is C23H24N8OS. The molecule has 1 unspecified atom stereocenters. The molecule has 1 atom stereocenters. The van der Waals surface area contributed by atoms with E-state index in [2.05, 4.69) is 41.7 Å². The first-order valence-corrected chi connectivity index (χ1v) is 11.6. The van der Waals surface area contributed by atoms with Crippen LogP contribution in [0.25, 0.3) is 11.3 Å². The van der Waals surface area contributed by atoms with Gasteiger partial charge in [-0.25, -0.2) is 15.0 Å². The normalized spacial score (nSPS) is 16.0. The van der Waals surface area contributed by atoms with E-state index in [0.717, 1.165) is 53.7 Å². The molecule has 4 N–H and O–H groups in total. The molecule has 0 bridgehead atoms. The molecule has 1 saturated heterocycles. The van der Waals surface area contributed by atoms with Crippen LogP contribution in [0.2, 0.25) is 0 Å². The molecule has 168 valence electrons. The minimum Gasteiger partial charge on any atom is -0.364 e. The first-order valence-electron chi connectivity index (χ1n) is 10.8. The number of aromatic nitrogens is 5. The second-order valence-corrected chi connectivity index (χ2v) is 8.89. The van der Waals surface area contributed by atoms with E-state index in [9.17, 15) is 4.79 Å². The summed E-state index contributed by atoms with van der Waals surface area (Å²) in [6.07, 6.45) is 5.55. The molecule has 10 heteroatoms. The van der Waals surface area contributed by atoms with Crippen LogP contribution in [0, 0.1) is 6.92 Å². The number of aromatic amines is 1. The molecule has 0 radical (unpaired) electrons. The lowest BCUT2D eigenvalue weighted by Crippen LogP contribution is -2.35. The molecule has 0 spiro atoms. The van der Waals surface area contributed by atoms with E-state index in [1.807, 2.05) is 37.4 Å². The minimum atomic E-state index is -0.627. The highest BCUT2D eigenvalue weighted by Gasteiger charge is 2.26. The van der Waals surface area contributed by atoms with Crippen LogP contribution in [0.5, 0.6) is 0 Å². The van der Waals surface area contributed by atoms with Crippen molar-refractivity contribution >= 4 is 34.1 Å². The number of rotatable bonds is 6. The topological polar surface area (TPSA) is 126 Å². The number of amides is 1. The molecular weight excluding hydrogens is 436 g/mol. The summed E-state index contributed by atoms with van der Waals surface area (Å²) in [6, 6.07) is 12.1. The summed E-state index contributed by atoms with van der Waals surface area (Å²) in [4.78, 5) is 31.3. The second-order valence-electron chi connectivity index (χ2n) is 8.08. The average molecular weight is 461 g/mol. The number of imidazole rings is 1. The number of piperidine rings is 1. The first-order chi connectivity index (χ1) is 16.1. The van der Waals surface area contributed by atoms with Gasteiger partial charge in [-0.3, -0.25) is 4.79 Å². The van der Waals surface area contributed by atoms with Crippen LogP contribution in [0.4, 0.5) is 16.6 Å². The van der Waals surface area contributed by atoms with Gasteiger partial charge in [-0.2, -0.15) is 4.37 Å². The zero-order chi connectivity index (χ0) is 22.8. The van der Waals surface area contributed by atoms with Crippen LogP contribution in [0.3, 0.4) is 0 Å². The monoisotopic (exact) mass is 460 g/mol. The van der Waals surface area contributed by atoms with Gasteiger partial charge in [0.15, 0.2) is 11.5 Å². The average Bonchev–Trinajstić information content (AvgIpc) is 3.49. The Balaban J connectivity index is 1.37. The Hall–Kier alpha value is -3.79. The summed E-state index contributed by atoms with van der Waals surface area (Å²) in [5.74, 6) is 1.63. The van der Waals surface area contributed by atoms with Crippen molar-refractivity contribution in [2.45, 2.75) is 25.7 Å². The molecule has 3 aromatic heterocycles. The highest BCUT2D eigenvalue weighted by Crippen LogP contribution is 2.30. The van der Waals surface area contributed by atoms with E-state index in [0.29, 0.717) is 11.6 Å². The summed E-state index contributed by atoms with van der Waals surface area (Å²) in [5.41, 5.74) is 8.66. The van der Waals surface area contributed by atoms with E-state index in [-0.39, 0.29) is 11.6 Å². The lowest BCUT2D eigenvalue weighted by Gasteiger charge is -2.32. The molecule has 33 heavy (non-hydrogen) atoms. The van der Waals surface area contributed by atoms with Gasteiger partial charge in [0.05, 0.1) is 23.8 Å². The summed E-state index contributed by atoms with van der Waals surface area (Å²) in [6.45, 7) is 3.52. The predicted molar refractivity (Wildman–Crippen MR) is 129 cm³/mol. The first kappa shape index (κ1) is 21.1. The number of nitrogens with zero attached hydrogens (tertiary/aromatic N) is 5. The molecule has 9 nitrogen and oxygen atoms in total. The van der Waals surface area contributed by atoms with Gasteiger partial charge in [0.2, 0.25) is 0 Å². The SMILES string of the molecule is Cc1cc(Nc2nc(N3CCCC(c4ncc(-c5ccccc5)[nH]4)C3)cnc2C(N)=O)sn1. The lowest BCUT2D eigenvalue weighted by atomic mass is 9.97. The lowest BCUT2D eigenvalue weighted by molar-refractivity contribution is 0.0996. The fourth-order valence-electron chi connectivity index (χ4n) is 4.06. The third kappa shape index (κ3) is 4.56. The maximum Gasteiger partial charge on any atom is 0.271 e. The van der Waals surface area contributed by atoms with Crippen LogP contribution in [-0.4, -0.2) is 43.3 Å². The van der Waals surface area contributed by atoms with E-state index < -0.39 is 5.91 Å². The van der Waals surface area contributed by atoms with E-state index >= 15 is 0 Å². The van der Waals surface area contributed by atoms with Gasteiger partial charge in [0.25, 0.3) is 5.91 Å². The third-order valence-corrected chi connectivity index (χ3v) is 6.47. The molecule has 1 aromatic carbocycles. The van der Waals surface area contributed by atoms with Crippen LogP contribution >= 0.6 is 11.5 Å². The molecule has 4 heterocycles. The van der Waals surface area contributed by atoms with Crippen molar-refractivity contribution in [3.05, 3.63) is 66.0 Å². The van der Waals surface area contributed by atoms with E-state index in [1.54, 1.807) is 6.20 Å². The maximum atomic E-state index is 11.9. The molecule has 1 aliphatic heterocycles. The molecule has 4 aromatic rings. The number of benzene rings is 1. The van der Waals surface area contributed by atoms with Crippen LogP contribution < -0.4 is 16.0 Å². The van der Waals surface area contributed by atoms with Crippen LogP contribution in [0.1, 0.15) is 40.8 Å². The van der Waals surface area contributed by atoms with Gasteiger partial charge in [-0.15, -0.1) is 0 Å². The summed E-state index contributed by atoms with van der Waals surface area (Å²) in [7, 11) is 0. The zero-order valence-corrected chi connectivity index (χ0v) is 19.0. The van der Waals surface area contributed by atoms with Crippen molar-refractivity contribution in [3.63, 3.8) is 0 Å². The van der Waals surface area contributed by atoms with Crippen molar-refractivity contribution in [2.75, 3.05) is 23.3 Å². The zero-order valence-electron chi connectivity index (χ0n) is 18.2. The van der Waals surface area contributed by atoms with Gasteiger partial charge < -0.3 is 20.9 Å². The van der Waals surface area contributed by atoms with Crippen molar-refractivity contribution < 1.29 is 4.79 Å². The van der Waals surface area contributed by atoms with E-state index in [4.69, 9.17) is 10.7 Å². The standard InChI is InChI=1S/C23H24N8OS/c1-14-10-19(33-30-14)29-23-20(21(24)32)25-12-18(28-23)31-9-5-8-16(13-31)22-26-11-17(27-22)15-6-3-2-4-7-15/h2-4,6-7,10-12,16H,5,8-9,13H2,1H3,(H2,24,32)(H,26,27)(H,28,29). The molecule has 5 rings (SSSR count). The Bertz CT molecular complexity index is 1270. The van der Waals surface area contributed by atoms with Gasteiger partial charge >= 0.3 is 0 Å². The summed E-state index contributed by atoms with van der Waals surface area (Å²) < 4.78 is 4.26. The third-order valence-electron chi connectivity index (χ3n) is 5.68. The molecule has 1 amide bonds. The van der Waals surface area contributed by atoms with Gasteiger partial charge in [0, 0.05) is 19.0 Å². The number of H-pyrrole nitrogens is 1.